The molecule has 0 saturated heterocycles. The van der Waals surface area contributed by atoms with Gasteiger partial charge in [0.05, 0.1) is 5.56 Å². The van der Waals surface area contributed by atoms with Crippen LogP contribution in [0.2, 0.25) is 5.02 Å². The maximum atomic E-state index is 8.79. The van der Waals surface area contributed by atoms with Crippen LogP contribution in [-0.4, -0.2) is 10.2 Å². The molecule has 1 aromatic heterocycles. The summed E-state index contributed by atoms with van der Waals surface area (Å²) in [4.78, 5) is 0. The second kappa shape index (κ2) is 3.52. The first-order valence-corrected chi connectivity index (χ1v) is 4.39. The molecule has 0 unspecified atom stereocenters. The fraction of sp³-hybridized carbons (Fsp3) is 0. The van der Waals surface area contributed by atoms with Crippen LogP contribution in [-0.2, 0) is 0 Å². The van der Waals surface area contributed by atoms with E-state index < -0.39 is 0 Å². The van der Waals surface area contributed by atoms with Crippen LogP contribution >= 0.6 is 11.6 Å². The van der Waals surface area contributed by atoms with Crippen LogP contribution in [0.4, 0.5) is 0 Å². The van der Waals surface area contributed by atoms with Gasteiger partial charge in [0.25, 0.3) is 0 Å². The molecule has 0 radical (unpaired) electrons. The van der Waals surface area contributed by atoms with Crippen LogP contribution in [0.5, 0.6) is 0 Å². The van der Waals surface area contributed by atoms with Gasteiger partial charge in [0, 0.05) is 16.8 Å². The third kappa shape index (κ3) is 1.48. The lowest BCUT2D eigenvalue weighted by molar-refractivity contribution is 1.10. The summed E-state index contributed by atoms with van der Waals surface area (Å²) in [6.07, 6.45) is 1.57. The number of aromatic amines is 1. The lowest BCUT2D eigenvalue weighted by atomic mass is 10.1. The highest BCUT2D eigenvalue weighted by Crippen LogP contribution is 2.21. The lowest BCUT2D eigenvalue weighted by Gasteiger charge is -1.96. The van der Waals surface area contributed by atoms with Crippen LogP contribution < -0.4 is 0 Å². The molecule has 0 aliphatic rings. The number of benzene rings is 1. The Morgan fingerprint density at radius 1 is 1.29 bits per heavy atom. The smallest absolute Gasteiger partial charge is 0.110 e. The molecule has 4 heteroatoms. The third-order valence-electron chi connectivity index (χ3n) is 1.88. The highest BCUT2D eigenvalue weighted by molar-refractivity contribution is 6.30. The van der Waals surface area contributed by atoms with E-state index >= 15 is 0 Å². The quantitative estimate of drug-likeness (QED) is 0.775. The number of halogens is 1. The molecule has 0 aliphatic carbocycles. The number of rotatable bonds is 1. The predicted octanol–water partition coefficient (Wildman–Crippen LogP) is 2.60. The Bertz CT molecular complexity index is 479. The Labute approximate surface area is 85.9 Å². The number of nitrogens with one attached hydrogen (secondary N) is 1. The van der Waals surface area contributed by atoms with Gasteiger partial charge in [0.2, 0.25) is 0 Å². The Morgan fingerprint density at radius 2 is 2.00 bits per heavy atom. The molecule has 1 heterocycles. The maximum absolute atomic E-state index is 8.79. The van der Waals surface area contributed by atoms with Crippen molar-refractivity contribution in [1.82, 2.24) is 10.2 Å². The Kier molecular flexibility index (Phi) is 2.21. The summed E-state index contributed by atoms with van der Waals surface area (Å²) in [5, 5.41) is 16.1. The van der Waals surface area contributed by atoms with Gasteiger partial charge in [-0.05, 0) is 12.1 Å². The molecule has 0 aliphatic heterocycles. The Balaban J connectivity index is 2.50. The third-order valence-corrected chi connectivity index (χ3v) is 2.13. The standard InChI is InChI=1S/C10H6ClN3/c11-9-3-1-7(2-4-9)10-8(5-12)6-13-14-10/h1-4,6H,(H,13,14). The van der Waals surface area contributed by atoms with Crippen molar-refractivity contribution in [1.29, 1.82) is 5.26 Å². The summed E-state index contributed by atoms with van der Waals surface area (Å²) in [6.45, 7) is 0. The minimum atomic E-state index is 0.535. The van der Waals surface area contributed by atoms with Crippen molar-refractivity contribution in [3.8, 4) is 17.3 Å². The predicted molar refractivity (Wildman–Crippen MR) is 53.7 cm³/mol. The highest BCUT2D eigenvalue weighted by Gasteiger charge is 2.06. The van der Waals surface area contributed by atoms with E-state index in [1.54, 1.807) is 18.3 Å². The minimum absolute atomic E-state index is 0.535. The normalized spacial score (nSPS) is 9.71. The molecule has 0 atom stereocenters. The van der Waals surface area contributed by atoms with E-state index in [0.29, 0.717) is 16.3 Å². The highest BCUT2D eigenvalue weighted by atomic mass is 35.5. The Hall–Kier alpha value is -1.79. The number of hydrogen-bond acceptors (Lipinski definition) is 2. The van der Waals surface area contributed by atoms with Crippen LogP contribution in [0.15, 0.2) is 30.5 Å². The van der Waals surface area contributed by atoms with E-state index in [1.165, 1.54) is 0 Å². The van der Waals surface area contributed by atoms with Crippen molar-refractivity contribution in [2.45, 2.75) is 0 Å². The van der Waals surface area contributed by atoms with Crippen LogP contribution in [0.3, 0.4) is 0 Å². The molecule has 1 aromatic carbocycles. The zero-order valence-electron chi connectivity index (χ0n) is 7.16. The van der Waals surface area contributed by atoms with E-state index in [9.17, 15) is 0 Å². The maximum Gasteiger partial charge on any atom is 0.110 e. The van der Waals surface area contributed by atoms with E-state index in [4.69, 9.17) is 16.9 Å². The molecule has 3 nitrogen and oxygen atoms in total. The summed E-state index contributed by atoms with van der Waals surface area (Å²) in [7, 11) is 0. The van der Waals surface area contributed by atoms with E-state index in [2.05, 4.69) is 16.3 Å². The van der Waals surface area contributed by atoms with Crippen molar-refractivity contribution in [2.75, 3.05) is 0 Å². The van der Waals surface area contributed by atoms with E-state index in [-0.39, 0.29) is 0 Å². The average Bonchev–Trinajstić information content (AvgIpc) is 2.67. The van der Waals surface area contributed by atoms with Crippen molar-refractivity contribution >= 4 is 11.6 Å². The largest absolute Gasteiger partial charge is 0.284 e. The van der Waals surface area contributed by atoms with Crippen LogP contribution in [0.1, 0.15) is 5.56 Å². The van der Waals surface area contributed by atoms with Gasteiger partial charge in [0.1, 0.15) is 11.8 Å². The molecule has 2 aromatic rings. The fourth-order valence-corrected chi connectivity index (χ4v) is 1.33. The van der Waals surface area contributed by atoms with E-state index in [0.717, 1.165) is 5.56 Å². The Morgan fingerprint density at radius 3 is 2.64 bits per heavy atom. The first-order valence-electron chi connectivity index (χ1n) is 4.01. The molecule has 0 bridgehead atoms. The second-order valence-electron chi connectivity index (χ2n) is 2.77. The van der Waals surface area contributed by atoms with Crippen LogP contribution in [0, 0.1) is 11.3 Å². The number of aromatic nitrogens is 2. The van der Waals surface area contributed by atoms with Gasteiger partial charge in [-0.1, -0.05) is 23.7 Å². The summed E-state index contributed by atoms with van der Waals surface area (Å²) >= 11 is 5.75. The number of hydrogen-bond donors (Lipinski definition) is 1. The first kappa shape index (κ1) is 8.79. The molecule has 68 valence electrons. The molecular weight excluding hydrogens is 198 g/mol. The first-order chi connectivity index (χ1) is 6.81. The fourth-order valence-electron chi connectivity index (χ4n) is 1.20. The molecule has 0 spiro atoms. The number of H-pyrrole nitrogens is 1. The molecule has 0 amide bonds. The zero-order chi connectivity index (χ0) is 9.97. The molecule has 0 fully saturated rings. The van der Waals surface area contributed by atoms with Gasteiger partial charge in [-0.3, -0.25) is 5.10 Å². The topological polar surface area (TPSA) is 52.5 Å². The molecule has 14 heavy (non-hydrogen) atoms. The molecule has 0 saturated carbocycles. The van der Waals surface area contributed by atoms with Crippen molar-refractivity contribution < 1.29 is 0 Å². The number of nitriles is 1. The average molecular weight is 204 g/mol. The second-order valence-corrected chi connectivity index (χ2v) is 3.20. The minimum Gasteiger partial charge on any atom is -0.284 e. The monoisotopic (exact) mass is 203 g/mol. The van der Waals surface area contributed by atoms with Crippen LogP contribution in [0.25, 0.3) is 11.3 Å². The van der Waals surface area contributed by atoms with E-state index in [1.807, 2.05) is 12.1 Å². The van der Waals surface area contributed by atoms with Gasteiger partial charge in [-0.25, -0.2) is 0 Å². The van der Waals surface area contributed by atoms with Crippen molar-refractivity contribution in [3.05, 3.63) is 41.0 Å². The molecule has 1 N–H and O–H groups in total. The van der Waals surface area contributed by atoms with Gasteiger partial charge in [0.15, 0.2) is 0 Å². The SMILES string of the molecule is N#Cc1c[nH]nc1-c1ccc(Cl)cc1. The van der Waals surface area contributed by atoms with Crippen molar-refractivity contribution in [2.24, 2.45) is 0 Å². The van der Waals surface area contributed by atoms with Crippen molar-refractivity contribution in [3.63, 3.8) is 0 Å². The van der Waals surface area contributed by atoms with Gasteiger partial charge in [-0.2, -0.15) is 10.4 Å². The molecule has 2 rings (SSSR count). The lowest BCUT2D eigenvalue weighted by Crippen LogP contribution is -1.80. The summed E-state index contributed by atoms with van der Waals surface area (Å²) in [5.74, 6) is 0. The van der Waals surface area contributed by atoms with Gasteiger partial charge < -0.3 is 0 Å². The van der Waals surface area contributed by atoms with Gasteiger partial charge in [-0.15, -0.1) is 0 Å². The summed E-state index contributed by atoms with van der Waals surface area (Å²) in [6, 6.07) is 9.27. The summed E-state index contributed by atoms with van der Waals surface area (Å²) in [5.41, 5.74) is 2.07. The molecular formula is C10H6ClN3. The number of nitrogens with zero attached hydrogens (tertiary/aromatic N) is 2. The summed E-state index contributed by atoms with van der Waals surface area (Å²) < 4.78 is 0. The van der Waals surface area contributed by atoms with Gasteiger partial charge >= 0.3 is 0 Å². The zero-order valence-corrected chi connectivity index (χ0v) is 7.92.